The quantitative estimate of drug-likeness (QED) is 0.812. The fraction of sp³-hybridized carbons (Fsp3) is 0.467. The van der Waals surface area contributed by atoms with Crippen LogP contribution in [0.2, 0.25) is 0 Å². The van der Waals surface area contributed by atoms with Gasteiger partial charge < -0.3 is 10.3 Å². The lowest BCUT2D eigenvalue weighted by molar-refractivity contribution is 0.582. The van der Waals surface area contributed by atoms with Crippen molar-refractivity contribution in [1.29, 1.82) is 0 Å². The molecular weight excluding hydrogens is 208 g/mol. The number of hydrogen-bond acceptors (Lipinski definition) is 1. The molecule has 1 unspecified atom stereocenters. The Bertz CT molecular complexity index is 533. The molecule has 90 valence electrons. The SMILES string of the molecule is Cc1ccc(C)c2c(CC3CCNC3)c[nH]c12. The van der Waals surface area contributed by atoms with Gasteiger partial charge in [-0.15, -0.1) is 0 Å². The van der Waals surface area contributed by atoms with Crippen LogP contribution in [0.4, 0.5) is 0 Å². The van der Waals surface area contributed by atoms with Gasteiger partial charge in [-0.3, -0.25) is 0 Å². The molecule has 1 aliphatic rings. The number of aryl methyl sites for hydroxylation is 2. The van der Waals surface area contributed by atoms with Gasteiger partial charge in [-0.1, -0.05) is 12.1 Å². The van der Waals surface area contributed by atoms with E-state index < -0.39 is 0 Å². The van der Waals surface area contributed by atoms with E-state index in [0.29, 0.717) is 0 Å². The Morgan fingerprint density at radius 1 is 1.24 bits per heavy atom. The summed E-state index contributed by atoms with van der Waals surface area (Å²) in [6.07, 6.45) is 4.73. The van der Waals surface area contributed by atoms with Crippen molar-refractivity contribution in [3.8, 4) is 0 Å². The van der Waals surface area contributed by atoms with Gasteiger partial charge in [0.25, 0.3) is 0 Å². The molecule has 2 heteroatoms. The summed E-state index contributed by atoms with van der Waals surface area (Å²) in [5.74, 6) is 0.814. The van der Waals surface area contributed by atoms with Gasteiger partial charge in [0, 0.05) is 17.1 Å². The highest BCUT2D eigenvalue weighted by atomic mass is 14.9. The van der Waals surface area contributed by atoms with Gasteiger partial charge in [0.05, 0.1) is 0 Å². The Hall–Kier alpha value is -1.28. The summed E-state index contributed by atoms with van der Waals surface area (Å²) in [5.41, 5.74) is 5.56. The maximum absolute atomic E-state index is 3.45. The molecule has 0 saturated carbocycles. The summed E-state index contributed by atoms with van der Waals surface area (Å²) < 4.78 is 0. The average Bonchev–Trinajstić information content (AvgIpc) is 2.94. The fourth-order valence-corrected chi connectivity index (χ4v) is 3.00. The van der Waals surface area contributed by atoms with Crippen molar-refractivity contribution in [2.75, 3.05) is 13.1 Å². The maximum Gasteiger partial charge on any atom is 0.0489 e. The largest absolute Gasteiger partial charge is 0.361 e. The number of aromatic nitrogens is 1. The third kappa shape index (κ3) is 1.87. The summed E-state index contributed by atoms with van der Waals surface area (Å²) >= 11 is 0. The molecule has 1 fully saturated rings. The minimum Gasteiger partial charge on any atom is -0.361 e. The van der Waals surface area contributed by atoms with E-state index in [-0.39, 0.29) is 0 Å². The molecule has 17 heavy (non-hydrogen) atoms. The molecule has 1 aliphatic heterocycles. The van der Waals surface area contributed by atoms with Crippen LogP contribution in [0.15, 0.2) is 18.3 Å². The lowest BCUT2D eigenvalue weighted by Gasteiger charge is -2.08. The number of nitrogens with one attached hydrogen (secondary N) is 2. The number of fused-ring (bicyclic) bond motifs is 1. The predicted octanol–water partition coefficient (Wildman–Crippen LogP) is 2.94. The second-order valence-electron chi connectivity index (χ2n) is 5.33. The topological polar surface area (TPSA) is 27.8 Å². The minimum atomic E-state index is 0.814. The molecule has 1 aromatic carbocycles. The van der Waals surface area contributed by atoms with Crippen LogP contribution in [0, 0.1) is 19.8 Å². The predicted molar refractivity (Wildman–Crippen MR) is 72.5 cm³/mol. The highest BCUT2D eigenvalue weighted by Gasteiger charge is 2.17. The van der Waals surface area contributed by atoms with E-state index in [0.717, 1.165) is 5.92 Å². The van der Waals surface area contributed by atoms with Crippen LogP contribution in [-0.2, 0) is 6.42 Å². The van der Waals surface area contributed by atoms with Crippen LogP contribution in [0.25, 0.3) is 10.9 Å². The van der Waals surface area contributed by atoms with Gasteiger partial charge >= 0.3 is 0 Å². The van der Waals surface area contributed by atoms with Gasteiger partial charge in [0.1, 0.15) is 0 Å². The van der Waals surface area contributed by atoms with Gasteiger partial charge in [-0.2, -0.15) is 0 Å². The summed E-state index contributed by atoms with van der Waals surface area (Å²) in [7, 11) is 0. The van der Waals surface area contributed by atoms with Gasteiger partial charge in [0.2, 0.25) is 0 Å². The minimum absolute atomic E-state index is 0.814. The zero-order valence-corrected chi connectivity index (χ0v) is 10.6. The first kappa shape index (κ1) is 10.8. The molecule has 2 nitrogen and oxygen atoms in total. The molecule has 0 bridgehead atoms. The number of rotatable bonds is 2. The van der Waals surface area contributed by atoms with Crippen LogP contribution in [0.5, 0.6) is 0 Å². The van der Waals surface area contributed by atoms with E-state index in [4.69, 9.17) is 0 Å². The van der Waals surface area contributed by atoms with Crippen molar-refractivity contribution in [2.45, 2.75) is 26.7 Å². The monoisotopic (exact) mass is 228 g/mol. The van der Waals surface area contributed by atoms with E-state index in [9.17, 15) is 0 Å². The normalized spacial score (nSPS) is 20.2. The molecule has 3 rings (SSSR count). The van der Waals surface area contributed by atoms with E-state index in [2.05, 4.69) is 42.5 Å². The molecule has 2 heterocycles. The van der Waals surface area contributed by atoms with Crippen LogP contribution in [0.1, 0.15) is 23.1 Å². The third-order valence-electron chi connectivity index (χ3n) is 4.00. The summed E-state index contributed by atoms with van der Waals surface area (Å²) in [6.45, 7) is 6.76. The lowest BCUT2D eigenvalue weighted by atomic mass is 9.96. The van der Waals surface area contributed by atoms with E-state index >= 15 is 0 Å². The second-order valence-corrected chi connectivity index (χ2v) is 5.33. The number of hydrogen-bond donors (Lipinski definition) is 2. The first-order valence-electron chi connectivity index (χ1n) is 6.52. The highest BCUT2D eigenvalue weighted by molar-refractivity contribution is 5.88. The molecule has 1 atom stereocenters. The maximum atomic E-state index is 3.45. The lowest BCUT2D eigenvalue weighted by Crippen LogP contribution is -2.10. The van der Waals surface area contributed by atoms with Crippen LogP contribution < -0.4 is 5.32 Å². The van der Waals surface area contributed by atoms with Crippen LogP contribution in [-0.4, -0.2) is 18.1 Å². The van der Waals surface area contributed by atoms with E-state index in [1.807, 2.05) is 0 Å². The number of aromatic amines is 1. The van der Waals surface area contributed by atoms with Crippen LogP contribution in [0.3, 0.4) is 0 Å². The Morgan fingerprint density at radius 3 is 2.82 bits per heavy atom. The first-order valence-corrected chi connectivity index (χ1v) is 6.52. The van der Waals surface area contributed by atoms with Gasteiger partial charge in [-0.05, 0) is 62.4 Å². The third-order valence-corrected chi connectivity index (χ3v) is 4.00. The zero-order chi connectivity index (χ0) is 11.8. The molecule has 2 N–H and O–H groups in total. The van der Waals surface area contributed by atoms with E-state index in [1.165, 1.54) is 53.5 Å². The molecule has 0 spiro atoms. The van der Waals surface area contributed by atoms with Crippen molar-refractivity contribution in [2.24, 2.45) is 5.92 Å². The molecule has 0 amide bonds. The van der Waals surface area contributed by atoms with E-state index in [1.54, 1.807) is 0 Å². The first-order chi connectivity index (χ1) is 8.25. The molecule has 1 aromatic heterocycles. The zero-order valence-electron chi connectivity index (χ0n) is 10.6. The Morgan fingerprint density at radius 2 is 2.06 bits per heavy atom. The van der Waals surface area contributed by atoms with Crippen molar-refractivity contribution in [3.05, 3.63) is 35.0 Å². The van der Waals surface area contributed by atoms with Gasteiger partial charge in [0.15, 0.2) is 0 Å². The van der Waals surface area contributed by atoms with Crippen molar-refractivity contribution in [1.82, 2.24) is 10.3 Å². The van der Waals surface area contributed by atoms with Crippen molar-refractivity contribution < 1.29 is 0 Å². The van der Waals surface area contributed by atoms with Crippen molar-refractivity contribution in [3.63, 3.8) is 0 Å². The standard InChI is InChI=1S/C15H20N2/c1-10-3-4-11(2)15-14(10)13(9-17-15)7-12-5-6-16-8-12/h3-4,9,12,16-17H,5-8H2,1-2H3. The molecule has 0 aliphatic carbocycles. The second kappa shape index (κ2) is 4.19. The highest BCUT2D eigenvalue weighted by Crippen LogP contribution is 2.28. The smallest absolute Gasteiger partial charge is 0.0489 e. The molecule has 0 radical (unpaired) electrons. The number of benzene rings is 1. The summed E-state index contributed by atoms with van der Waals surface area (Å²) in [6, 6.07) is 4.44. The van der Waals surface area contributed by atoms with Crippen LogP contribution >= 0.6 is 0 Å². The summed E-state index contributed by atoms with van der Waals surface area (Å²) in [4.78, 5) is 3.45. The molecule has 2 aromatic rings. The molecule has 1 saturated heterocycles. The Kier molecular flexibility index (Phi) is 2.67. The average molecular weight is 228 g/mol. The molecular formula is C15H20N2. The van der Waals surface area contributed by atoms with Crippen molar-refractivity contribution >= 4 is 10.9 Å². The summed E-state index contributed by atoms with van der Waals surface area (Å²) in [5, 5.41) is 4.90. The fourth-order valence-electron chi connectivity index (χ4n) is 3.00. The van der Waals surface area contributed by atoms with Gasteiger partial charge in [-0.25, -0.2) is 0 Å². The Labute approximate surface area is 102 Å². The Balaban J connectivity index is 2.01. The number of H-pyrrole nitrogens is 1.